The molecular formula is C19H27FN4O2. The summed E-state index contributed by atoms with van der Waals surface area (Å²) < 4.78 is 19.2. The molecule has 1 aliphatic carbocycles. The summed E-state index contributed by atoms with van der Waals surface area (Å²) in [5, 5.41) is 0. The standard InChI is InChI=1S/C19H27FN4O2/c1-19(2,3)26-18(25)24-10-8-23(9-11-24)17(21)22-16-12-14(16)13-6-4-5-7-15(13)20/h4-7,14,16H,8-12H2,1-3H3,(H2,21,22). The van der Waals surface area contributed by atoms with Crippen molar-refractivity contribution in [3.8, 4) is 0 Å². The Morgan fingerprint density at radius 3 is 2.42 bits per heavy atom. The zero-order chi connectivity index (χ0) is 18.9. The zero-order valence-corrected chi connectivity index (χ0v) is 15.6. The van der Waals surface area contributed by atoms with Crippen molar-refractivity contribution in [1.29, 1.82) is 0 Å². The molecule has 2 N–H and O–H groups in total. The number of nitrogens with two attached hydrogens (primary N) is 1. The first kappa shape index (κ1) is 18.5. The van der Waals surface area contributed by atoms with Crippen molar-refractivity contribution in [3.05, 3.63) is 35.6 Å². The summed E-state index contributed by atoms with van der Waals surface area (Å²) in [4.78, 5) is 20.3. The fourth-order valence-corrected chi connectivity index (χ4v) is 3.13. The molecule has 1 saturated heterocycles. The van der Waals surface area contributed by atoms with Crippen LogP contribution in [0.15, 0.2) is 29.3 Å². The Balaban J connectivity index is 1.51. The molecule has 26 heavy (non-hydrogen) atoms. The lowest BCUT2D eigenvalue weighted by molar-refractivity contribution is 0.0186. The van der Waals surface area contributed by atoms with Crippen LogP contribution >= 0.6 is 0 Å². The number of benzene rings is 1. The van der Waals surface area contributed by atoms with E-state index in [1.807, 2.05) is 37.8 Å². The average Bonchev–Trinajstić information content (AvgIpc) is 3.32. The van der Waals surface area contributed by atoms with Crippen molar-refractivity contribution in [2.45, 2.75) is 44.8 Å². The van der Waals surface area contributed by atoms with Crippen LogP contribution in [0, 0.1) is 5.82 Å². The van der Waals surface area contributed by atoms with Gasteiger partial charge in [-0.05, 0) is 38.8 Å². The van der Waals surface area contributed by atoms with E-state index < -0.39 is 5.60 Å². The highest BCUT2D eigenvalue weighted by molar-refractivity contribution is 5.79. The Morgan fingerprint density at radius 1 is 1.19 bits per heavy atom. The largest absolute Gasteiger partial charge is 0.444 e. The van der Waals surface area contributed by atoms with Crippen LogP contribution in [0.1, 0.15) is 38.7 Å². The molecule has 1 heterocycles. The van der Waals surface area contributed by atoms with Crippen LogP contribution in [-0.2, 0) is 4.74 Å². The number of amides is 1. The molecule has 7 heteroatoms. The van der Waals surface area contributed by atoms with Gasteiger partial charge in [0.2, 0.25) is 0 Å². The maximum Gasteiger partial charge on any atom is 0.410 e. The van der Waals surface area contributed by atoms with Gasteiger partial charge in [0.05, 0.1) is 6.04 Å². The maximum atomic E-state index is 13.8. The maximum absolute atomic E-state index is 13.8. The van der Waals surface area contributed by atoms with Gasteiger partial charge in [-0.15, -0.1) is 0 Å². The van der Waals surface area contributed by atoms with E-state index in [4.69, 9.17) is 10.5 Å². The van der Waals surface area contributed by atoms with Gasteiger partial charge in [-0.25, -0.2) is 14.2 Å². The van der Waals surface area contributed by atoms with Gasteiger partial charge in [0, 0.05) is 32.1 Å². The molecule has 1 saturated carbocycles. The van der Waals surface area contributed by atoms with Gasteiger partial charge in [-0.1, -0.05) is 18.2 Å². The number of carbonyl (C=O) groups is 1. The van der Waals surface area contributed by atoms with Gasteiger partial charge in [0.15, 0.2) is 5.96 Å². The van der Waals surface area contributed by atoms with Crippen molar-refractivity contribution in [1.82, 2.24) is 9.80 Å². The van der Waals surface area contributed by atoms with E-state index in [0.717, 1.165) is 6.42 Å². The molecule has 0 bridgehead atoms. The SMILES string of the molecule is CC(C)(C)OC(=O)N1CCN(C(N)=NC2CC2c2ccccc2F)CC1. The molecule has 0 aromatic heterocycles. The second-order valence-electron chi connectivity index (χ2n) is 7.87. The summed E-state index contributed by atoms with van der Waals surface area (Å²) in [5.74, 6) is 0.398. The van der Waals surface area contributed by atoms with Crippen LogP contribution in [0.25, 0.3) is 0 Å². The molecule has 1 amide bonds. The van der Waals surface area contributed by atoms with Gasteiger partial charge in [0.25, 0.3) is 0 Å². The molecule has 1 aliphatic heterocycles. The quantitative estimate of drug-likeness (QED) is 0.648. The first-order chi connectivity index (χ1) is 12.2. The highest BCUT2D eigenvalue weighted by Crippen LogP contribution is 2.44. The predicted octanol–water partition coefficient (Wildman–Crippen LogP) is 2.55. The van der Waals surface area contributed by atoms with Crippen molar-refractivity contribution in [2.24, 2.45) is 10.7 Å². The molecule has 6 nitrogen and oxygen atoms in total. The summed E-state index contributed by atoms with van der Waals surface area (Å²) in [5.41, 5.74) is 6.35. The molecule has 0 spiro atoms. The highest BCUT2D eigenvalue weighted by Gasteiger charge is 2.40. The molecule has 142 valence electrons. The van der Waals surface area contributed by atoms with E-state index in [2.05, 4.69) is 4.99 Å². The second-order valence-corrected chi connectivity index (χ2v) is 7.87. The van der Waals surface area contributed by atoms with Gasteiger partial charge < -0.3 is 20.3 Å². The Labute approximate surface area is 153 Å². The molecule has 1 aromatic rings. The minimum Gasteiger partial charge on any atom is -0.444 e. The van der Waals surface area contributed by atoms with Gasteiger partial charge in [-0.3, -0.25) is 0 Å². The van der Waals surface area contributed by atoms with Gasteiger partial charge >= 0.3 is 6.09 Å². The molecular weight excluding hydrogens is 335 g/mol. The van der Waals surface area contributed by atoms with Crippen molar-refractivity contribution >= 4 is 12.1 Å². The normalized spacial score (nSPS) is 23.8. The van der Waals surface area contributed by atoms with Crippen LogP contribution < -0.4 is 5.73 Å². The van der Waals surface area contributed by atoms with Crippen LogP contribution in [0.3, 0.4) is 0 Å². The average molecular weight is 362 g/mol. The van der Waals surface area contributed by atoms with E-state index in [0.29, 0.717) is 37.7 Å². The number of piperazine rings is 1. The lowest BCUT2D eigenvalue weighted by Gasteiger charge is -2.36. The van der Waals surface area contributed by atoms with Crippen LogP contribution in [-0.4, -0.2) is 59.7 Å². The van der Waals surface area contributed by atoms with Crippen LogP contribution in [0.4, 0.5) is 9.18 Å². The smallest absolute Gasteiger partial charge is 0.410 e. The van der Waals surface area contributed by atoms with Crippen molar-refractivity contribution < 1.29 is 13.9 Å². The predicted molar refractivity (Wildman–Crippen MR) is 98.5 cm³/mol. The van der Waals surface area contributed by atoms with E-state index in [1.54, 1.807) is 11.0 Å². The number of guanidine groups is 1. The summed E-state index contributed by atoms with van der Waals surface area (Å²) in [6.07, 6.45) is 0.522. The fraction of sp³-hybridized carbons (Fsp3) is 0.579. The van der Waals surface area contributed by atoms with E-state index in [9.17, 15) is 9.18 Å². The number of carbonyl (C=O) groups excluding carboxylic acids is 1. The lowest BCUT2D eigenvalue weighted by atomic mass is 10.1. The molecule has 2 unspecified atom stereocenters. The number of rotatable bonds is 2. The van der Waals surface area contributed by atoms with E-state index >= 15 is 0 Å². The third kappa shape index (κ3) is 4.45. The first-order valence-corrected chi connectivity index (χ1v) is 9.05. The fourth-order valence-electron chi connectivity index (χ4n) is 3.13. The second kappa shape index (κ2) is 7.13. The van der Waals surface area contributed by atoms with E-state index in [1.165, 1.54) is 6.07 Å². The highest BCUT2D eigenvalue weighted by atomic mass is 19.1. The zero-order valence-electron chi connectivity index (χ0n) is 15.6. The number of hydrogen-bond acceptors (Lipinski definition) is 3. The summed E-state index contributed by atoms with van der Waals surface area (Å²) >= 11 is 0. The van der Waals surface area contributed by atoms with Gasteiger partial charge in [0.1, 0.15) is 11.4 Å². The molecule has 2 fully saturated rings. The molecule has 0 radical (unpaired) electrons. The third-order valence-electron chi connectivity index (χ3n) is 4.61. The van der Waals surface area contributed by atoms with E-state index in [-0.39, 0.29) is 23.9 Å². The molecule has 2 aliphatic rings. The number of halogens is 1. The minimum atomic E-state index is -0.498. The molecule has 1 aromatic carbocycles. The Bertz CT molecular complexity index is 693. The van der Waals surface area contributed by atoms with Crippen molar-refractivity contribution in [3.63, 3.8) is 0 Å². The number of hydrogen-bond donors (Lipinski definition) is 1. The first-order valence-electron chi connectivity index (χ1n) is 9.05. The summed E-state index contributed by atoms with van der Waals surface area (Å²) in [6, 6.07) is 6.86. The molecule has 2 atom stereocenters. The third-order valence-corrected chi connectivity index (χ3v) is 4.61. The topological polar surface area (TPSA) is 71.2 Å². The molecule has 3 rings (SSSR count). The van der Waals surface area contributed by atoms with Crippen molar-refractivity contribution in [2.75, 3.05) is 26.2 Å². The van der Waals surface area contributed by atoms with Crippen LogP contribution in [0.5, 0.6) is 0 Å². The summed E-state index contributed by atoms with van der Waals surface area (Å²) in [6.45, 7) is 7.89. The lowest BCUT2D eigenvalue weighted by Crippen LogP contribution is -2.53. The Kier molecular flexibility index (Phi) is 5.07. The Morgan fingerprint density at radius 2 is 1.81 bits per heavy atom. The van der Waals surface area contributed by atoms with Gasteiger partial charge in [-0.2, -0.15) is 0 Å². The van der Waals surface area contributed by atoms with Crippen LogP contribution in [0.2, 0.25) is 0 Å². The minimum absolute atomic E-state index is 0.0378. The Hall–Kier alpha value is -2.31. The number of ether oxygens (including phenoxy) is 1. The monoisotopic (exact) mass is 362 g/mol. The number of nitrogens with zero attached hydrogens (tertiary/aromatic N) is 3. The summed E-state index contributed by atoms with van der Waals surface area (Å²) in [7, 11) is 0. The number of aliphatic imine (C=N–C) groups is 1.